The van der Waals surface area contributed by atoms with Crippen LogP contribution in [0.25, 0.3) is 0 Å². The second-order valence-electron chi connectivity index (χ2n) is 5.46. The van der Waals surface area contributed by atoms with Crippen molar-refractivity contribution in [3.63, 3.8) is 0 Å². The lowest BCUT2D eigenvalue weighted by molar-refractivity contribution is -0.137. The van der Waals surface area contributed by atoms with Gasteiger partial charge in [0.1, 0.15) is 0 Å². The maximum Gasteiger partial charge on any atom is 0.303 e. The molecular formula is C16H23NO5S. The highest BCUT2D eigenvalue weighted by Crippen LogP contribution is 2.10. The Morgan fingerprint density at radius 2 is 1.57 bits per heavy atom. The van der Waals surface area contributed by atoms with Crippen LogP contribution in [-0.4, -0.2) is 38.2 Å². The highest BCUT2D eigenvalue weighted by molar-refractivity contribution is 7.90. The van der Waals surface area contributed by atoms with Crippen LogP contribution in [0, 0.1) is 0 Å². The maximum atomic E-state index is 11.9. The van der Waals surface area contributed by atoms with E-state index in [-0.39, 0.29) is 17.2 Å². The summed E-state index contributed by atoms with van der Waals surface area (Å²) < 4.78 is 22.7. The highest BCUT2D eigenvalue weighted by Gasteiger charge is 2.09. The van der Waals surface area contributed by atoms with Gasteiger partial charge < -0.3 is 10.4 Å². The van der Waals surface area contributed by atoms with Gasteiger partial charge in [-0.3, -0.25) is 9.59 Å². The molecule has 0 saturated carbocycles. The average molecular weight is 341 g/mol. The second-order valence-corrected chi connectivity index (χ2v) is 7.48. The molecule has 0 unspecified atom stereocenters. The highest BCUT2D eigenvalue weighted by atomic mass is 32.2. The number of aliphatic carboxylic acids is 1. The quantitative estimate of drug-likeness (QED) is 0.636. The van der Waals surface area contributed by atoms with Gasteiger partial charge in [-0.1, -0.05) is 19.3 Å². The van der Waals surface area contributed by atoms with Crippen LogP contribution >= 0.6 is 0 Å². The van der Waals surface area contributed by atoms with Crippen LogP contribution in [0.1, 0.15) is 48.9 Å². The van der Waals surface area contributed by atoms with E-state index in [0.717, 1.165) is 31.9 Å². The standard InChI is InChI=1S/C16H23NO5S/c1-23(21,22)14-10-8-13(9-11-14)16(20)17-12-6-4-2-3-5-7-15(18)19/h8-11H,2-7,12H2,1H3,(H,17,20)(H,18,19). The van der Waals surface area contributed by atoms with Crippen molar-refractivity contribution in [3.05, 3.63) is 29.8 Å². The summed E-state index contributed by atoms with van der Waals surface area (Å²) in [5.41, 5.74) is 0.429. The number of hydrogen-bond acceptors (Lipinski definition) is 4. The Hall–Kier alpha value is -1.89. The first-order valence-corrected chi connectivity index (χ1v) is 9.50. The van der Waals surface area contributed by atoms with Gasteiger partial charge in [-0.25, -0.2) is 8.42 Å². The molecule has 1 amide bonds. The summed E-state index contributed by atoms with van der Waals surface area (Å²) in [5.74, 6) is -0.991. The summed E-state index contributed by atoms with van der Waals surface area (Å²) in [6, 6.07) is 5.84. The number of amides is 1. The van der Waals surface area contributed by atoms with Crippen molar-refractivity contribution in [2.24, 2.45) is 0 Å². The molecule has 7 heteroatoms. The van der Waals surface area contributed by atoms with Crippen molar-refractivity contribution in [1.29, 1.82) is 0 Å². The maximum absolute atomic E-state index is 11.9. The third-order valence-corrected chi connectivity index (χ3v) is 4.53. The molecule has 0 radical (unpaired) electrons. The molecule has 0 aliphatic rings. The molecule has 0 bridgehead atoms. The lowest BCUT2D eigenvalue weighted by atomic mass is 10.1. The molecule has 0 aliphatic heterocycles. The van der Waals surface area contributed by atoms with Crippen LogP contribution in [-0.2, 0) is 14.6 Å². The largest absolute Gasteiger partial charge is 0.481 e. The van der Waals surface area contributed by atoms with Gasteiger partial charge >= 0.3 is 5.97 Å². The van der Waals surface area contributed by atoms with Gasteiger partial charge in [-0.2, -0.15) is 0 Å². The molecule has 1 aromatic carbocycles. The second kappa shape index (κ2) is 9.29. The average Bonchev–Trinajstić information content (AvgIpc) is 2.48. The molecule has 0 atom stereocenters. The zero-order valence-electron chi connectivity index (χ0n) is 13.2. The SMILES string of the molecule is CS(=O)(=O)c1ccc(C(=O)NCCCCCCCC(=O)O)cc1. The van der Waals surface area contributed by atoms with Crippen LogP contribution < -0.4 is 5.32 Å². The first-order valence-electron chi connectivity index (χ1n) is 7.61. The van der Waals surface area contributed by atoms with E-state index < -0.39 is 15.8 Å². The molecule has 2 N–H and O–H groups in total. The number of unbranched alkanes of at least 4 members (excludes halogenated alkanes) is 4. The fourth-order valence-electron chi connectivity index (χ4n) is 2.09. The molecule has 0 fully saturated rings. The monoisotopic (exact) mass is 341 g/mol. The van der Waals surface area contributed by atoms with E-state index >= 15 is 0 Å². The van der Waals surface area contributed by atoms with Gasteiger partial charge in [0.15, 0.2) is 9.84 Å². The van der Waals surface area contributed by atoms with Crippen LogP contribution in [0.5, 0.6) is 0 Å². The minimum atomic E-state index is -3.25. The number of carboxylic acids is 1. The Kier molecular flexibility index (Phi) is 7.74. The van der Waals surface area contributed by atoms with E-state index in [1.54, 1.807) is 0 Å². The van der Waals surface area contributed by atoms with Crippen LogP contribution in [0.4, 0.5) is 0 Å². The topological polar surface area (TPSA) is 101 Å². The fourth-order valence-corrected chi connectivity index (χ4v) is 2.72. The molecular weight excluding hydrogens is 318 g/mol. The van der Waals surface area contributed by atoms with Gasteiger partial charge in [-0.05, 0) is 37.1 Å². The minimum absolute atomic E-state index is 0.190. The Bertz CT molecular complexity index is 622. The van der Waals surface area contributed by atoms with E-state index in [9.17, 15) is 18.0 Å². The van der Waals surface area contributed by atoms with Crippen molar-refractivity contribution in [3.8, 4) is 0 Å². The molecule has 1 rings (SSSR count). The van der Waals surface area contributed by atoms with Crippen molar-refractivity contribution in [1.82, 2.24) is 5.32 Å². The Balaban J connectivity index is 2.23. The summed E-state index contributed by atoms with van der Waals surface area (Å²) >= 11 is 0. The summed E-state index contributed by atoms with van der Waals surface area (Å²) in [4.78, 5) is 22.4. The molecule has 128 valence electrons. The third-order valence-electron chi connectivity index (χ3n) is 3.40. The first-order chi connectivity index (χ1) is 10.8. The van der Waals surface area contributed by atoms with E-state index in [4.69, 9.17) is 5.11 Å². The molecule has 1 aromatic rings. The number of hydrogen-bond donors (Lipinski definition) is 2. The lowest BCUT2D eigenvalue weighted by Gasteiger charge is -2.06. The minimum Gasteiger partial charge on any atom is -0.481 e. The smallest absolute Gasteiger partial charge is 0.303 e. The van der Waals surface area contributed by atoms with Gasteiger partial charge in [0, 0.05) is 24.8 Å². The first kappa shape index (κ1) is 19.2. The molecule has 6 nitrogen and oxygen atoms in total. The Morgan fingerprint density at radius 3 is 2.13 bits per heavy atom. The predicted molar refractivity (Wildman–Crippen MR) is 87.2 cm³/mol. The number of carbonyl (C=O) groups excluding carboxylic acids is 1. The molecule has 0 saturated heterocycles. The van der Waals surface area contributed by atoms with E-state index in [1.807, 2.05) is 0 Å². The molecule has 0 spiro atoms. The van der Waals surface area contributed by atoms with Crippen molar-refractivity contribution in [2.75, 3.05) is 12.8 Å². The summed E-state index contributed by atoms with van der Waals surface area (Å²) in [5, 5.41) is 11.3. The molecule has 0 heterocycles. The van der Waals surface area contributed by atoms with Gasteiger partial charge in [0.05, 0.1) is 4.90 Å². The summed E-state index contributed by atoms with van der Waals surface area (Å²) in [6.45, 7) is 0.547. The van der Waals surface area contributed by atoms with Crippen molar-refractivity contribution >= 4 is 21.7 Å². The number of carbonyl (C=O) groups is 2. The number of benzene rings is 1. The van der Waals surface area contributed by atoms with E-state index in [2.05, 4.69) is 5.32 Å². The van der Waals surface area contributed by atoms with Gasteiger partial charge in [-0.15, -0.1) is 0 Å². The Labute approximate surface area is 136 Å². The zero-order valence-corrected chi connectivity index (χ0v) is 14.1. The van der Waals surface area contributed by atoms with E-state index in [0.29, 0.717) is 18.5 Å². The molecule has 0 aromatic heterocycles. The zero-order chi connectivity index (χ0) is 17.3. The third kappa shape index (κ3) is 7.78. The molecule has 23 heavy (non-hydrogen) atoms. The van der Waals surface area contributed by atoms with E-state index in [1.165, 1.54) is 24.3 Å². The van der Waals surface area contributed by atoms with Crippen LogP contribution in [0.2, 0.25) is 0 Å². The van der Waals surface area contributed by atoms with Gasteiger partial charge in [0.2, 0.25) is 0 Å². The van der Waals surface area contributed by atoms with Crippen LogP contribution in [0.3, 0.4) is 0 Å². The summed E-state index contributed by atoms with van der Waals surface area (Å²) in [7, 11) is -3.25. The summed E-state index contributed by atoms with van der Waals surface area (Å²) in [6.07, 6.45) is 5.62. The number of carboxylic acid groups (broad SMARTS) is 1. The fraction of sp³-hybridized carbons (Fsp3) is 0.500. The molecule has 0 aliphatic carbocycles. The van der Waals surface area contributed by atoms with Gasteiger partial charge in [0.25, 0.3) is 5.91 Å². The number of rotatable bonds is 10. The van der Waals surface area contributed by atoms with Crippen molar-refractivity contribution in [2.45, 2.75) is 43.4 Å². The number of nitrogens with one attached hydrogen (secondary N) is 1. The van der Waals surface area contributed by atoms with Crippen LogP contribution in [0.15, 0.2) is 29.2 Å². The lowest BCUT2D eigenvalue weighted by Crippen LogP contribution is -2.24. The normalized spacial score (nSPS) is 11.2. The predicted octanol–water partition coefficient (Wildman–Crippen LogP) is 2.25. The number of sulfone groups is 1. The Morgan fingerprint density at radius 1 is 1.00 bits per heavy atom. The van der Waals surface area contributed by atoms with Crippen molar-refractivity contribution < 1.29 is 23.1 Å².